The summed E-state index contributed by atoms with van der Waals surface area (Å²) in [4.78, 5) is 7.70. The third-order valence-corrected chi connectivity index (χ3v) is 15.2. The SMILES string of the molecule is Cc1cc(C)cc(N2c3ccc(N(c4ccccc4)c4ccccc4)cc3B3c4cccc5c4N(c4ccccc4C54C5CC6CC(C5)CC4C6)c4cccc2c43)c1. The monoisotopic (exact) mass is 747 g/mol. The smallest absolute Gasteiger partial charge is 0.252 e. The largest absolute Gasteiger partial charge is 0.311 e. The fourth-order valence-corrected chi connectivity index (χ4v) is 13.6. The molecule has 4 heteroatoms. The zero-order valence-corrected chi connectivity index (χ0v) is 33.3. The van der Waals surface area contributed by atoms with Gasteiger partial charge in [-0.2, -0.15) is 0 Å². The second-order valence-corrected chi connectivity index (χ2v) is 18.3. The van der Waals surface area contributed by atoms with Crippen LogP contribution in [0.25, 0.3) is 0 Å². The number of hydrogen-bond acceptors (Lipinski definition) is 3. The highest BCUT2D eigenvalue weighted by Gasteiger charge is 2.62. The van der Waals surface area contributed by atoms with E-state index >= 15 is 0 Å². The quantitative estimate of drug-likeness (QED) is 0.166. The van der Waals surface area contributed by atoms with Gasteiger partial charge in [0.2, 0.25) is 0 Å². The van der Waals surface area contributed by atoms with Crippen LogP contribution in [0.4, 0.5) is 51.2 Å². The Morgan fingerprint density at radius 2 is 1.07 bits per heavy atom. The zero-order valence-electron chi connectivity index (χ0n) is 33.3. The molecule has 280 valence electrons. The van der Waals surface area contributed by atoms with Crippen LogP contribution < -0.4 is 31.1 Å². The van der Waals surface area contributed by atoms with Crippen LogP contribution >= 0.6 is 0 Å². The van der Waals surface area contributed by atoms with Gasteiger partial charge < -0.3 is 14.7 Å². The number of benzene rings is 7. The van der Waals surface area contributed by atoms with E-state index in [0.717, 1.165) is 23.2 Å². The molecule has 3 aliphatic heterocycles. The zero-order chi connectivity index (χ0) is 38.3. The Hall–Kier alpha value is -6.00. The van der Waals surface area contributed by atoms with E-state index in [1.54, 1.807) is 11.1 Å². The van der Waals surface area contributed by atoms with Gasteiger partial charge in [-0.25, -0.2) is 0 Å². The molecular formula is C54H46BN3. The summed E-state index contributed by atoms with van der Waals surface area (Å²) < 4.78 is 0. The summed E-state index contributed by atoms with van der Waals surface area (Å²) in [5.74, 6) is 3.19. The molecule has 7 aromatic rings. The Morgan fingerprint density at radius 3 is 1.76 bits per heavy atom. The summed E-state index contributed by atoms with van der Waals surface area (Å²) in [6.45, 7) is 4.53. The molecule has 0 radical (unpaired) electrons. The lowest BCUT2D eigenvalue weighted by Crippen LogP contribution is -2.64. The summed E-state index contributed by atoms with van der Waals surface area (Å²) in [7, 11) is 0. The highest BCUT2D eigenvalue weighted by Crippen LogP contribution is 2.69. The third-order valence-electron chi connectivity index (χ3n) is 15.2. The number of nitrogens with zero attached hydrogens (tertiary/aromatic N) is 3. The first-order chi connectivity index (χ1) is 28.6. The van der Waals surface area contributed by atoms with Gasteiger partial charge in [0.15, 0.2) is 0 Å². The minimum absolute atomic E-state index is 0.0584. The van der Waals surface area contributed by atoms with Gasteiger partial charge in [-0.1, -0.05) is 84.9 Å². The maximum absolute atomic E-state index is 2.71. The van der Waals surface area contributed by atoms with Crippen LogP contribution in [0.2, 0.25) is 0 Å². The molecule has 7 aromatic carbocycles. The minimum atomic E-state index is 0.0584. The normalized spacial score (nSPS) is 23.7. The number of anilines is 9. The third kappa shape index (κ3) is 4.36. The predicted octanol–water partition coefficient (Wildman–Crippen LogP) is 11.9. The Morgan fingerprint density at radius 1 is 0.483 bits per heavy atom. The molecule has 1 spiro atoms. The second kappa shape index (κ2) is 12.0. The molecule has 3 nitrogen and oxygen atoms in total. The lowest BCUT2D eigenvalue weighted by atomic mass is 9.32. The van der Waals surface area contributed by atoms with Gasteiger partial charge >= 0.3 is 0 Å². The average molecular weight is 748 g/mol. The molecule has 3 heterocycles. The minimum Gasteiger partial charge on any atom is -0.311 e. The highest BCUT2D eigenvalue weighted by atomic mass is 15.2. The molecular weight excluding hydrogens is 701 g/mol. The Balaban J connectivity index is 1.11. The highest BCUT2D eigenvalue weighted by molar-refractivity contribution is 7.00. The van der Waals surface area contributed by atoms with Crippen molar-refractivity contribution in [3.05, 3.63) is 180 Å². The molecule has 0 N–H and O–H groups in total. The van der Waals surface area contributed by atoms with Crippen LogP contribution in [-0.2, 0) is 5.41 Å². The van der Waals surface area contributed by atoms with Crippen molar-refractivity contribution < 1.29 is 0 Å². The van der Waals surface area contributed by atoms with Crippen LogP contribution in [0.1, 0.15) is 54.4 Å². The molecule has 0 amide bonds. The molecule has 0 atom stereocenters. The topological polar surface area (TPSA) is 9.72 Å². The lowest BCUT2D eigenvalue weighted by molar-refractivity contribution is -0.0419. The molecule has 4 bridgehead atoms. The Bertz CT molecular complexity index is 2720. The van der Waals surface area contributed by atoms with Gasteiger partial charge in [0.05, 0.1) is 5.69 Å². The number of aryl methyl sites for hydroxylation is 2. The van der Waals surface area contributed by atoms with E-state index < -0.39 is 0 Å². The fraction of sp³-hybridized carbons (Fsp3) is 0.222. The number of hydrogen-bond donors (Lipinski definition) is 0. The van der Waals surface area contributed by atoms with Crippen molar-refractivity contribution in [3.8, 4) is 0 Å². The number of fused-ring (bicyclic) bond motifs is 6. The average Bonchev–Trinajstić information content (AvgIpc) is 3.24. The number of para-hydroxylation sites is 4. The van der Waals surface area contributed by atoms with E-state index in [4.69, 9.17) is 0 Å². The van der Waals surface area contributed by atoms with Crippen LogP contribution in [0.3, 0.4) is 0 Å². The van der Waals surface area contributed by atoms with Crippen molar-refractivity contribution in [2.45, 2.75) is 51.4 Å². The molecule has 4 fully saturated rings. The van der Waals surface area contributed by atoms with E-state index in [0.29, 0.717) is 11.8 Å². The fourth-order valence-electron chi connectivity index (χ4n) is 13.6. The molecule has 0 saturated heterocycles. The summed E-state index contributed by atoms with van der Waals surface area (Å²) in [5.41, 5.74) is 21.4. The molecule has 7 aliphatic rings. The van der Waals surface area contributed by atoms with Crippen molar-refractivity contribution in [1.82, 2.24) is 0 Å². The van der Waals surface area contributed by atoms with E-state index in [1.807, 2.05) is 0 Å². The first kappa shape index (κ1) is 33.0. The maximum atomic E-state index is 2.71. The van der Waals surface area contributed by atoms with Crippen molar-refractivity contribution in [3.63, 3.8) is 0 Å². The van der Waals surface area contributed by atoms with Gasteiger partial charge in [0, 0.05) is 50.9 Å². The molecule has 4 saturated carbocycles. The molecule has 58 heavy (non-hydrogen) atoms. The standard InChI is InChI=1S/C54H46BN3/c1-34-25-35(2)27-43(26-34)57-49-24-23-42(56(40-13-5-3-6-14-40)41-15-7-4-8-16-41)33-47(49)55-46-19-11-18-45-53(46)58(51-22-12-21-50(57)52(51)55)48-20-10-9-17-44(48)54(45)38-29-36-28-37(31-38)32-39(54)30-36/h3-27,33,36-39H,28-32H2,1-2H3. The summed E-state index contributed by atoms with van der Waals surface area (Å²) in [6, 6.07) is 60.3. The van der Waals surface area contributed by atoms with E-state index in [-0.39, 0.29) is 12.1 Å². The van der Waals surface area contributed by atoms with Gasteiger partial charge in [-0.15, -0.1) is 0 Å². The van der Waals surface area contributed by atoms with E-state index in [1.165, 1.54) is 99.4 Å². The van der Waals surface area contributed by atoms with Gasteiger partial charge in [-0.3, -0.25) is 0 Å². The predicted molar refractivity (Wildman–Crippen MR) is 242 cm³/mol. The van der Waals surface area contributed by atoms with Crippen molar-refractivity contribution in [2.75, 3.05) is 14.7 Å². The second-order valence-electron chi connectivity index (χ2n) is 18.3. The van der Waals surface area contributed by atoms with E-state index in [2.05, 4.69) is 186 Å². The molecule has 0 aromatic heterocycles. The summed E-state index contributed by atoms with van der Waals surface area (Å²) >= 11 is 0. The Kier molecular flexibility index (Phi) is 6.84. The summed E-state index contributed by atoms with van der Waals surface area (Å²) in [6.07, 6.45) is 6.96. The first-order valence-corrected chi connectivity index (χ1v) is 21.6. The van der Waals surface area contributed by atoms with Crippen LogP contribution in [0.15, 0.2) is 158 Å². The lowest BCUT2D eigenvalue weighted by Gasteiger charge is -2.64. The van der Waals surface area contributed by atoms with Gasteiger partial charge in [-0.05, 0) is 181 Å². The first-order valence-electron chi connectivity index (χ1n) is 21.6. The van der Waals surface area contributed by atoms with Crippen molar-refractivity contribution in [2.24, 2.45) is 23.7 Å². The van der Waals surface area contributed by atoms with Gasteiger partial charge in [0.25, 0.3) is 6.71 Å². The summed E-state index contributed by atoms with van der Waals surface area (Å²) in [5, 5.41) is 0. The van der Waals surface area contributed by atoms with Crippen molar-refractivity contribution in [1.29, 1.82) is 0 Å². The van der Waals surface area contributed by atoms with Crippen LogP contribution in [-0.4, -0.2) is 6.71 Å². The molecule has 0 unspecified atom stereocenters. The van der Waals surface area contributed by atoms with Gasteiger partial charge in [0.1, 0.15) is 0 Å². The van der Waals surface area contributed by atoms with Crippen LogP contribution in [0, 0.1) is 37.5 Å². The van der Waals surface area contributed by atoms with Crippen LogP contribution in [0.5, 0.6) is 0 Å². The van der Waals surface area contributed by atoms with E-state index in [9.17, 15) is 0 Å². The molecule has 4 aliphatic carbocycles. The Labute approximate surface area is 342 Å². The number of rotatable bonds is 4. The molecule has 14 rings (SSSR count). The van der Waals surface area contributed by atoms with Crippen molar-refractivity contribution >= 4 is 74.3 Å². The maximum Gasteiger partial charge on any atom is 0.252 e.